The van der Waals surface area contributed by atoms with Crippen LogP contribution in [0, 0.1) is 0 Å². The van der Waals surface area contributed by atoms with Gasteiger partial charge in [-0.1, -0.05) is 18.2 Å². The van der Waals surface area contributed by atoms with Crippen molar-refractivity contribution >= 4 is 15.8 Å². The number of carbonyl (C=O) groups is 1. The minimum atomic E-state index is -3.76. The molecule has 2 aromatic heterocycles. The molecular formula is C18H19N5O4S. The lowest BCUT2D eigenvalue weighted by Gasteiger charge is -2.07. The number of nitrogens with one attached hydrogen (secondary N) is 1. The van der Waals surface area contributed by atoms with E-state index in [1.54, 1.807) is 31.4 Å². The Morgan fingerprint density at radius 3 is 2.46 bits per heavy atom. The van der Waals surface area contributed by atoms with Crippen molar-refractivity contribution in [3.8, 4) is 11.5 Å². The highest BCUT2D eigenvalue weighted by Gasteiger charge is 2.16. The minimum Gasteiger partial charge on any atom is -0.295 e. The summed E-state index contributed by atoms with van der Waals surface area (Å²) in [6.07, 6.45) is 1.60. The van der Waals surface area contributed by atoms with Gasteiger partial charge in [-0.15, -0.1) is 5.10 Å². The van der Waals surface area contributed by atoms with E-state index in [1.165, 1.54) is 40.4 Å². The summed E-state index contributed by atoms with van der Waals surface area (Å²) in [5.41, 5.74) is 0.610. The summed E-state index contributed by atoms with van der Waals surface area (Å²) in [6, 6.07) is 10.9. The molecule has 0 fully saturated rings. The Hall–Kier alpha value is -3.11. The fraction of sp³-hybridized carbons (Fsp3) is 0.222. The summed E-state index contributed by atoms with van der Waals surface area (Å²) in [5.74, 6) is 0.253. The molecule has 3 aromatic rings. The van der Waals surface area contributed by atoms with Gasteiger partial charge in [0.1, 0.15) is 5.69 Å². The Morgan fingerprint density at radius 2 is 1.86 bits per heavy atom. The molecular weight excluding hydrogens is 382 g/mol. The summed E-state index contributed by atoms with van der Waals surface area (Å²) < 4.78 is 29.7. The van der Waals surface area contributed by atoms with E-state index in [2.05, 4.69) is 14.8 Å². The zero-order valence-corrected chi connectivity index (χ0v) is 16.2. The number of ketones is 1. The lowest BCUT2D eigenvalue weighted by atomic mass is 10.2. The van der Waals surface area contributed by atoms with Gasteiger partial charge >= 0.3 is 5.69 Å². The summed E-state index contributed by atoms with van der Waals surface area (Å²) >= 11 is 0. The first kappa shape index (κ1) is 19.6. The minimum absolute atomic E-state index is 0.0185. The first-order valence-electron chi connectivity index (χ1n) is 8.45. The third kappa shape index (κ3) is 4.07. The number of pyridine rings is 1. The largest absolute Gasteiger partial charge is 0.346 e. The van der Waals surface area contributed by atoms with Gasteiger partial charge in [-0.2, -0.15) is 0 Å². The fourth-order valence-corrected chi connectivity index (χ4v) is 3.61. The van der Waals surface area contributed by atoms with E-state index in [0.717, 1.165) is 0 Å². The second-order valence-corrected chi connectivity index (χ2v) is 7.85. The third-order valence-electron chi connectivity index (χ3n) is 4.12. The average molecular weight is 401 g/mol. The smallest absolute Gasteiger partial charge is 0.295 e. The van der Waals surface area contributed by atoms with Crippen LogP contribution in [0.3, 0.4) is 0 Å². The number of benzene rings is 1. The van der Waals surface area contributed by atoms with Gasteiger partial charge < -0.3 is 0 Å². The molecule has 0 saturated heterocycles. The zero-order valence-electron chi connectivity index (χ0n) is 15.4. The molecule has 0 spiro atoms. The summed E-state index contributed by atoms with van der Waals surface area (Å²) in [5, 5.41) is 4.24. The van der Waals surface area contributed by atoms with Crippen LogP contribution < -0.4 is 10.4 Å². The van der Waals surface area contributed by atoms with E-state index in [0.29, 0.717) is 17.1 Å². The second-order valence-electron chi connectivity index (χ2n) is 6.08. The molecule has 0 atom stereocenters. The Morgan fingerprint density at radius 1 is 1.14 bits per heavy atom. The Kier molecular flexibility index (Phi) is 5.52. The van der Waals surface area contributed by atoms with Crippen LogP contribution >= 0.6 is 0 Å². The molecule has 0 radical (unpaired) electrons. The topological polar surface area (TPSA) is 116 Å². The molecule has 9 nitrogen and oxygen atoms in total. The molecule has 3 rings (SSSR count). The first-order chi connectivity index (χ1) is 13.3. The van der Waals surface area contributed by atoms with Crippen molar-refractivity contribution in [2.75, 3.05) is 6.54 Å². The van der Waals surface area contributed by atoms with Crippen LogP contribution in [0.2, 0.25) is 0 Å². The van der Waals surface area contributed by atoms with E-state index < -0.39 is 10.0 Å². The van der Waals surface area contributed by atoms with Gasteiger partial charge in [0, 0.05) is 25.4 Å². The van der Waals surface area contributed by atoms with Crippen molar-refractivity contribution in [2.24, 2.45) is 7.05 Å². The van der Waals surface area contributed by atoms with E-state index >= 15 is 0 Å². The van der Waals surface area contributed by atoms with E-state index in [1.807, 2.05) is 0 Å². The van der Waals surface area contributed by atoms with Crippen molar-refractivity contribution in [2.45, 2.75) is 18.4 Å². The van der Waals surface area contributed by atoms with Crippen LogP contribution in [-0.4, -0.2) is 40.1 Å². The van der Waals surface area contributed by atoms with Crippen molar-refractivity contribution in [1.29, 1.82) is 0 Å². The maximum atomic E-state index is 12.4. The van der Waals surface area contributed by atoms with Crippen molar-refractivity contribution in [3.63, 3.8) is 0 Å². The van der Waals surface area contributed by atoms with Gasteiger partial charge in [0.05, 0.1) is 11.4 Å². The van der Waals surface area contributed by atoms with Gasteiger partial charge in [0.2, 0.25) is 10.0 Å². The highest BCUT2D eigenvalue weighted by Crippen LogP contribution is 2.12. The normalized spacial score (nSPS) is 11.5. The van der Waals surface area contributed by atoms with E-state index in [4.69, 9.17) is 0 Å². The number of rotatable bonds is 7. The lowest BCUT2D eigenvalue weighted by molar-refractivity contribution is 0.101. The SMILES string of the molecule is CC(=O)c1ccc(S(=O)(=O)NCCn2nc(-c3ccccn3)n(C)c2=O)cc1. The highest BCUT2D eigenvalue weighted by molar-refractivity contribution is 7.89. The highest BCUT2D eigenvalue weighted by atomic mass is 32.2. The zero-order chi connectivity index (χ0) is 20.3. The van der Waals surface area contributed by atoms with Gasteiger partial charge in [-0.25, -0.2) is 22.6 Å². The third-order valence-corrected chi connectivity index (χ3v) is 5.60. The summed E-state index contributed by atoms with van der Waals surface area (Å²) in [6.45, 7) is 1.45. The van der Waals surface area contributed by atoms with Crippen molar-refractivity contribution < 1.29 is 13.2 Å². The van der Waals surface area contributed by atoms with Crippen LogP contribution in [0.15, 0.2) is 58.4 Å². The summed E-state index contributed by atoms with van der Waals surface area (Å²) in [4.78, 5) is 27.8. The first-order valence-corrected chi connectivity index (χ1v) is 9.94. The molecule has 2 heterocycles. The molecule has 146 valence electrons. The van der Waals surface area contributed by atoms with Gasteiger partial charge in [-0.3, -0.25) is 14.3 Å². The number of Topliss-reactive ketones (excluding diaryl/α,β-unsaturated/α-hetero) is 1. The molecule has 0 bridgehead atoms. The van der Waals surface area contributed by atoms with Crippen LogP contribution in [0.1, 0.15) is 17.3 Å². The molecule has 0 aliphatic rings. The van der Waals surface area contributed by atoms with Crippen molar-refractivity contribution in [3.05, 3.63) is 64.7 Å². The second kappa shape index (κ2) is 7.87. The van der Waals surface area contributed by atoms with Gasteiger partial charge in [0.15, 0.2) is 11.6 Å². The number of hydrogen-bond acceptors (Lipinski definition) is 6. The molecule has 28 heavy (non-hydrogen) atoms. The van der Waals surface area contributed by atoms with E-state index in [-0.39, 0.29) is 29.5 Å². The Labute approximate surface area is 161 Å². The van der Waals surface area contributed by atoms with Crippen LogP contribution in [0.25, 0.3) is 11.5 Å². The van der Waals surface area contributed by atoms with Crippen LogP contribution in [0.5, 0.6) is 0 Å². The quantitative estimate of drug-likeness (QED) is 0.586. The lowest BCUT2D eigenvalue weighted by Crippen LogP contribution is -2.31. The number of carbonyl (C=O) groups excluding carboxylic acids is 1. The predicted octanol–water partition coefficient (Wildman–Crippen LogP) is 0.825. The van der Waals surface area contributed by atoms with Gasteiger partial charge in [0.25, 0.3) is 0 Å². The van der Waals surface area contributed by atoms with Crippen LogP contribution in [0.4, 0.5) is 0 Å². The summed E-state index contributed by atoms with van der Waals surface area (Å²) in [7, 11) is -2.18. The number of hydrogen-bond donors (Lipinski definition) is 1. The monoisotopic (exact) mass is 401 g/mol. The van der Waals surface area contributed by atoms with E-state index in [9.17, 15) is 18.0 Å². The fourth-order valence-electron chi connectivity index (χ4n) is 2.59. The molecule has 0 amide bonds. The molecule has 1 aromatic carbocycles. The standard InChI is InChI=1S/C18H19N5O4S/c1-13(24)14-6-8-15(9-7-14)28(26,27)20-11-12-23-18(25)22(2)17(21-23)16-5-3-4-10-19-16/h3-10,20H,11-12H2,1-2H3. The maximum absolute atomic E-state index is 12.4. The Bertz CT molecular complexity index is 1150. The Balaban J connectivity index is 1.71. The molecule has 0 saturated carbocycles. The molecule has 1 N–H and O–H groups in total. The van der Waals surface area contributed by atoms with Crippen LogP contribution in [-0.2, 0) is 23.6 Å². The maximum Gasteiger partial charge on any atom is 0.346 e. The average Bonchev–Trinajstić information content (AvgIpc) is 2.97. The molecule has 10 heteroatoms. The predicted molar refractivity (Wildman–Crippen MR) is 102 cm³/mol. The van der Waals surface area contributed by atoms with Crippen molar-refractivity contribution in [1.82, 2.24) is 24.1 Å². The molecule has 0 aliphatic carbocycles. The number of aromatic nitrogens is 4. The number of nitrogens with zero attached hydrogens (tertiary/aromatic N) is 4. The molecule has 0 aliphatic heterocycles. The molecule has 0 unspecified atom stereocenters. The van der Waals surface area contributed by atoms with Gasteiger partial charge in [-0.05, 0) is 31.2 Å². The number of sulfonamides is 1.